The highest BCUT2D eigenvalue weighted by atomic mass is 35.5. The van der Waals surface area contributed by atoms with E-state index in [1.54, 1.807) is 12.1 Å². The number of carbonyl (C=O) groups excluding carboxylic acids is 2. The second-order valence-corrected chi connectivity index (χ2v) is 5.66. The van der Waals surface area contributed by atoms with E-state index >= 15 is 0 Å². The van der Waals surface area contributed by atoms with Gasteiger partial charge in [0.2, 0.25) is 0 Å². The maximum Gasteiger partial charge on any atom is 0.313 e. The minimum Gasteiger partial charge on any atom is -0.399 e. The molecule has 0 aliphatic carbocycles. The molecule has 1 fully saturated rings. The molecule has 0 bridgehead atoms. The van der Waals surface area contributed by atoms with Crippen LogP contribution in [0.1, 0.15) is 6.42 Å². The van der Waals surface area contributed by atoms with Crippen molar-refractivity contribution in [1.29, 1.82) is 0 Å². The Morgan fingerprint density at radius 2 is 2.00 bits per heavy atom. The number of hydrogen-bond donors (Lipinski definition) is 3. The third-order valence-electron chi connectivity index (χ3n) is 3.49. The number of morpholine rings is 1. The Morgan fingerprint density at radius 1 is 1.26 bits per heavy atom. The van der Waals surface area contributed by atoms with Crippen LogP contribution in [0.4, 0.5) is 11.4 Å². The van der Waals surface area contributed by atoms with Gasteiger partial charge in [-0.2, -0.15) is 0 Å². The van der Waals surface area contributed by atoms with Crippen molar-refractivity contribution >= 4 is 34.8 Å². The molecular formula is C15H21ClN4O3. The first kappa shape index (κ1) is 17.5. The van der Waals surface area contributed by atoms with Gasteiger partial charge in [-0.1, -0.05) is 11.6 Å². The molecule has 0 aromatic heterocycles. The van der Waals surface area contributed by atoms with Crippen molar-refractivity contribution in [3.63, 3.8) is 0 Å². The molecule has 1 heterocycles. The van der Waals surface area contributed by atoms with Crippen LogP contribution in [-0.4, -0.2) is 56.1 Å². The fourth-order valence-corrected chi connectivity index (χ4v) is 2.46. The number of rotatable bonds is 5. The Balaban J connectivity index is 1.69. The molecule has 2 amide bonds. The first-order valence-electron chi connectivity index (χ1n) is 7.50. The summed E-state index contributed by atoms with van der Waals surface area (Å²) in [4.78, 5) is 25.8. The van der Waals surface area contributed by atoms with Crippen LogP contribution in [-0.2, 0) is 14.3 Å². The lowest BCUT2D eigenvalue weighted by atomic mass is 10.3. The molecule has 0 radical (unpaired) electrons. The molecule has 1 aliphatic heterocycles. The minimum atomic E-state index is -0.747. The Bertz CT molecular complexity index is 562. The van der Waals surface area contributed by atoms with E-state index in [9.17, 15) is 9.59 Å². The van der Waals surface area contributed by atoms with E-state index in [0.29, 0.717) is 22.9 Å². The molecule has 2 rings (SSSR count). The van der Waals surface area contributed by atoms with Crippen LogP contribution >= 0.6 is 11.6 Å². The normalized spacial score (nSPS) is 15.2. The van der Waals surface area contributed by atoms with Crippen molar-refractivity contribution < 1.29 is 14.3 Å². The van der Waals surface area contributed by atoms with Gasteiger partial charge in [-0.25, -0.2) is 0 Å². The van der Waals surface area contributed by atoms with Gasteiger partial charge >= 0.3 is 11.8 Å². The summed E-state index contributed by atoms with van der Waals surface area (Å²) in [6.45, 7) is 4.62. The van der Waals surface area contributed by atoms with Gasteiger partial charge in [-0.05, 0) is 31.2 Å². The maximum absolute atomic E-state index is 11.8. The number of benzene rings is 1. The number of hydrogen-bond acceptors (Lipinski definition) is 5. The standard InChI is InChI=1S/C15H21ClN4O3/c16-12-10-11(17)2-3-13(12)19-15(22)14(21)18-4-1-5-20-6-8-23-9-7-20/h2-3,10H,1,4-9,17H2,(H,18,21)(H,19,22). The van der Waals surface area contributed by atoms with Gasteiger partial charge in [0.05, 0.1) is 23.9 Å². The molecule has 7 nitrogen and oxygen atoms in total. The van der Waals surface area contributed by atoms with E-state index in [4.69, 9.17) is 22.1 Å². The lowest BCUT2D eigenvalue weighted by Gasteiger charge is -2.26. The van der Waals surface area contributed by atoms with Crippen molar-refractivity contribution in [1.82, 2.24) is 10.2 Å². The molecule has 0 atom stereocenters. The first-order chi connectivity index (χ1) is 11.1. The van der Waals surface area contributed by atoms with Crippen molar-refractivity contribution in [2.75, 3.05) is 50.4 Å². The van der Waals surface area contributed by atoms with Crippen LogP contribution in [0.15, 0.2) is 18.2 Å². The number of nitrogen functional groups attached to an aromatic ring is 1. The molecule has 1 saturated heterocycles. The number of nitrogens with two attached hydrogens (primary N) is 1. The summed E-state index contributed by atoms with van der Waals surface area (Å²) < 4.78 is 5.27. The van der Waals surface area contributed by atoms with Gasteiger partial charge in [0.15, 0.2) is 0 Å². The Labute approximate surface area is 140 Å². The molecule has 1 aliphatic rings. The fourth-order valence-electron chi connectivity index (χ4n) is 2.22. The van der Waals surface area contributed by atoms with Gasteiger partial charge in [-0.15, -0.1) is 0 Å². The zero-order chi connectivity index (χ0) is 16.7. The molecule has 1 aromatic carbocycles. The van der Waals surface area contributed by atoms with Gasteiger partial charge in [0, 0.05) is 25.3 Å². The minimum absolute atomic E-state index is 0.290. The number of nitrogens with zero attached hydrogens (tertiary/aromatic N) is 1. The number of anilines is 2. The van der Waals surface area contributed by atoms with Crippen LogP contribution in [0.2, 0.25) is 5.02 Å². The largest absolute Gasteiger partial charge is 0.399 e. The van der Waals surface area contributed by atoms with E-state index in [2.05, 4.69) is 15.5 Å². The average molecular weight is 341 g/mol. The first-order valence-corrected chi connectivity index (χ1v) is 7.88. The number of amides is 2. The summed E-state index contributed by atoms with van der Waals surface area (Å²) in [5, 5.41) is 5.35. The predicted molar refractivity (Wildman–Crippen MR) is 89.4 cm³/mol. The summed E-state index contributed by atoms with van der Waals surface area (Å²) in [6, 6.07) is 4.67. The van der Waals surface area contributed by atoms with Crippen molar-refractivity contribution in [2.45, 2.75) is 6.42 Å². The average Bonchev–Trinajstić information content (AvgIpc) is 2.55. The van der Waals surface area contributed by atoms with Crippen molar-refractivity contribution in [3.05, 3.63) is 23.2 Å². The molecule has 0 spiro atoms. The number of halogens is 1. The third-order valence-corrected chi connectivity index (χ3v) is 3.80. The van der Waals surface area contributed by atoms with E-state index < -0.39 is 11.8 Å². The van der Waals surface area contributed by atoms with Gasteiger partial charge < -0.3 is 21.1 Å². The van der Waals surface area contributed by atoms with E-state index in [1.165, 1.54) is 6.07 Å². The molecule has 23 heavy (non-hydrogen) atoms. The van der Waals surface area contributed by atoms with Crippen molar-refractivity contribution in [3.8, 4) is 0 Å². The topological polar surface area (TPSA) is 96.7 Å². The van der Waals surface area contributed by atoms with Gasteiger partial charge in [0.25, 0.3) is 0 Å². The molecule has 4 N–H and O–H groups in total. The lowest BCUT2D eigenvalue weighted by Crippen LogP contribution is -2.39. The van der Waals surface area contributed by atoms with Crippen LogP contribution in [0.3, 0.4) is 0 Å². The monoisotopic (exact) mass is 340 g/mol. The Hall–Kier alpha value is -1.83. The molecule has 8 heteroatoms. The fraction of sp³-hybridized carbons (Fsp3) is 0.467. The second-order valence-electron chi connectivity index (χ2n) is 5.26. The van der Waals surface area contributed by atoms with Gasteiger partial charge in [-0.3, -0.25) is 14.5 Å². The second kappa shape index (κ2) is 8.71. The summed E-state index contributed by atoms with van der Waals surface area (Å²) >= 11 is 5.95. The summed E-state index contributed by atoms with van der Waals surface area (Å²) in [7, 11) is 0. The van der Waals surface area contributed by atoms with Crippen LogP contribution in [0.5, 0.6) is 0 Å². The zero-order valence-corrected chi connectivity index (χ0v) is 13.6. The summed E-state index contributed by atoms with van der Waals surface area (Å²) in [5.74, 6) is -1.43. The quantitative estimate of drug-likeness (QED) is 0.416. The highest BCUT2D eigenvalue weighted by Gasteiger charge is 2.15. The predicted octanol–water partition coefficient (Wildman–Crippen LogP) is 0.699. The summed E-state index contributed by atoms with van der Waals surface area (Å²) in [6.07, 6.45) is 0.779. The molecule has 1 aromatic rings. The highest BCUT2D eigenvalue weighted by Crippen LogP contribution is 2.23. The Morgan fingerprint density at radius 3 is 2.70 bits per heavy atom. The number of carbonyl (C=O) groups is 2. The Kier molecular flexibility index (Phi) is 6.64. The summed E-state index contributed by atoms with van der Waals surface area (Å²) in [5.41, 5.74) is 6.41. The van der Waals surface area contributed by atoms with Crippen LogP contribution in [0, 0.1) is 0 Å². The SMILES string of the molecule is Nc1ccc(NC(=O)C(=O)NCCCN2CCOCC2)c(Cl)c1. The lowest BCUT2D eigenvalue weighted by molar-refractivity contribution is -0.136. The van der Waals surface area contributed by atoms with Crippen LogP contribution in [0.25, 0.3) is 0 Å². The van der Waals surface area contributed by atoms with E-state index in [1.807, 2.05) is 0 Å². The highest BCUT2D eigenvalue weighted by molar-refractivity contribution is 6.41. The molecule has 0 unspecified atom stereocenters. The van der Waals surface area contributed by atoms with Crippen LogP contribution < -0.4 is 16.4 Å². The number of nitrogens with one attached hydrogen (secondary N) is 2. The van der Waals surface area contributed by atoms with E-state index in [0.717, 1.165) is 39.3 Å². The van der Waals surface area contributed by atoms with Crippen molar-refractivity contribution in [2.24, 2.45) is 0 Å². The van der Waals surface area contributed by atoms with E-state index in [-0.39, 0.29) is 0 Å². The number of ether oxygens (including phenoxy) is 1. The third kappa shape index (κ3) is 5.70. The van der Waals surface area contributed by atoms with Gasteiger partial charge in [0.1, 0.15) is 0 Å². The smallest absolute Gasteiger partial charge is 0.313 e. The zero-order valence-electron chi connectivity index (χ0n) is 12.8. The molecular weight excluding hydrogens is 320 g/mol. The maximum atomic E-state index is 11.8. The molecule has 0 saturated carbocycles. The molecule has 126 valence electrons.